The van der Waals surface area contributed by atoms with Gasteiger partial charge in [-0.05, 0) is 80.0 Å². The molecule has 0 atom stereocenters. The number of aryl methyl sites for hydroxylation is 2. The molecule has 4 nitrogen and oxygen atoms in total. The Bertz CT molecular complexity index is 968. The molecule has 3 N–H and O–H groups in total. The van der Waals surface area contributed by atoms with Gasteiger partial charge >= 0.3 is 0 Å². The highest BCUT2D eigenvalue weighted by molar-refractivity contribution is 7.85. The van der Waals surface area contributed by atoms with Crippen molar-refractivity contribution in [3.63, 3.8) is 0 Å². The minimum atomic E-state index is -4.10. The molecular weight excluding hydrogens is 442 g/mol. The molecule has 2 aromatic rings. The molecule has 0 heterocycles. The minimum Gasteiger partial charge on any atom is -0.326 e. The van der Waals surface area contributed by atoms with E-state index in [9.17, 15) is 13.0 Å². The van der Waals surface area contributed by atoms with Gasteiger partial charge in [0.1, 0.15) is 0 Å². The average Bonchev–Trinajstić information content (AvgIpc) is 2.81. The third-order valence-electron chi connectivity index (χ3n) is 6.86. The van der Waals surface area contributed by atoms with Gasteiger partial charge in [-0.15, -0.1) is 0 Å². The summed E-state index contributed by atoms with van der Waals surface area (Å²) in [4.78, 5) is 0.0610. The van der Waals surface area contributed by atoms with Crippen molar-refractivity contribution in [1.82, 2.24) is 0 Å². The van der Waals surface area contributed by atoms with Crippen molar-refractivity contribution in [2.45, 2.75) is 117 Å². The van der Waals surface area contributed by atoms with E-state index in [0.29, 0.717) is 13.0 Å². The molecular formula is C29H47NO3S. The third kappa shape index (κ3) is 10.7. The van der Waals surface area contributed by atoms with Crippen LogP contribution < -0.4 is 5.73 Å². The lowest BCUT2D eigenvalue weighted by molar-refractivity contribution is 0.481. The second kappa shape index (κ2) is 16.1. The molecule has 0 saturated carbocycles. The quantitative estimate of drug-likeness (QED) is 0.222. The fraction of sp³-hybridized carbons (Fsp3) is 0.586. The van der Waals surface area contributed by atoms with Crippen LogP contribution in [0.25, 0.3) is 0 Å². The molecule has 0 unspecified atom stereocenters. The summed E-state index contributed by atoms with van der Waals surface area (Å²) < 4.78 is 31.8. The van der Waals surface area contributed by atoms with E-state index in [4.69, 9.17) is 5.73 Å². The molecule has 2 rings (SSSR count). The number of hydrogen-bond donors (Lipinski definition) is 2. The van der Waals surface area contributed by atoms with Gasteiger partial charge in [0.15, 0.2) is 0 Å². The lowest BCUT2D eigenvalue weighted by Gasteiger charge is -2.12. The van der Waals surface area contributed by atoms with Crippen LogP contribution in [0.1, 0.15) is 105 Å². The molecule has 34 heavy (non-hydrogen) atoms. The largest absolute Gasteiger partial charge is 0.326 e. The van der Waals surface area contributed by atoms with Crippen molar-refractivity contribution in [3.8, 4) is 0 Å². The van der Waals surface area contributed by atoms with Gasteiger partial charge in [0.05, 0.1) is 4.90 Å². The molecule has 5 heteroatoms. The standard InChI is InChI=1S/C18H30O3S.C11H17N/c1-2-3-4-5-6-7-8-9-10-11-14-17-15-12-13-16-18(17)22(19,20)21;1-7-5-11(6-12)10(4)9(3)8(7)2/h12-13,15-16H,2-11,14H2,1H3,(H,19,20,21);5H,6,12H2,1-4H3. The maximum absolute atomic E-state index is 11.3. The highest BCUT2D eigenvalue weighted by Gasteiger charge is 2.13. The number of hydrogen-bond acceptors (Lipinski definition) is 3. The summed E-state index contributed by atoms with van der Waals surface area (Å²) in [5, 5.41) is 0. The molecule has 2 aromatic carbocycles. The lowest BCUT2D eigenvalue weighted by atomic mass is 9.95. The first kappa shape index (κ1) is 30.3. The normalized spacial score (nSPS) is 11.3. The van der Waals surface area contributed by atoms with E-state index < -0.39 is 10.1 Å². The molecule has 0 spiro atoms. The van der Waals surface area contributed by atoms with E-state index in [-0.39, 0.29) is 4.90 Å². The van der Waals surface area contributed by atoms with Crippen molar-refractivity contribution < 1.29 is 13.0 Å². The first-order chi connectivity index (χ1) is 16.1. The smallest absolute Gasteiger partial charge is 0.294 e. The lowest BCUT2D eigenvalue weighted by Crippen LogP contribution is -2.03. The molecule has 0 aliphatic rings. The number of benzene rings is 2. The van der Waals surface area contributed by atoms with Crippen molar-refractivity contribution in [2.24, 2.45) is 5.73 Å². The first-order valence-electron chi connectivity index (χ1n) is 12.9. The van der Waals surface area contributed by atoms with Crippen LogP contribution in [-0.4, -0.2) is 13.0 Å². The number of nitrogens with two attached hydrogens (primary N) is 1. The van der Waals surface area contributed by atoms with E-state index in [1.165, 1.54) is 85.3 Å². The Balaban J connectivity index is 0.000000404. The van der Waals surface area contributed by atoms with E-state index in [2.05, 4.69) is 40.7 Å². The number of rotatable bonds is 13. The summed E-state index contributed by atoms with van der Waals surface area (Å²) in [7, 11) is -4.10. The van der Waals surface area contributed by atoms with Gasteiger partial charge in [-0.3, -0.25) is 4.55 Å². The molecule has 0 aliphatic carbocycles. The molecule has 0 saturated heterocycles. The van der Waals surface area contributed by atoms with E-state index in [1.54, 1.807) is 12.1 Å². The third-order valence-corrected chi connectivity index (χ3v) is 7.81. The van der Waals surface area contributed by atoms with Gasteiger partial charge < -0.3 is 5.73 Å². The van der Waals surface area contributed by atoms with Crippen molar-refractivity contribution >= 4 is 10.1 Å². The molecule has 0 radical (unpaired) electrons. The Morgan fingerprint density at radius 2 is 1.26 bits per heavy atom. The Morgan fingerprint density at radius 3 is 1.79 bits per heavy atom. The Hall–Kier alpha value is -1.69. The fourth-order valence-corrected chi connectivity index (χ4v) is 5.02. The Kier molecular flexibility index (Phi) is 14.3. The van der Waals surface area contributed by atoms with Crippen LogP contribution in [0.2, 0.25) is 0 Å². The van der Waals surface area contributed by atoms with Crippen LogP contribution in [0.3, 0.4) is 0 Å². The predicted octanol–water partition coefficient (Wildman–Crippen LogP) is 7.78. The predicted molar refractivity (Wildman–Crippen MR) is 145 cm³/mol. The maximum atomic E-state index is 11.3. The molecule has 0 aliphatic heterocycles. The molecule has 0 bridgehead atoms. The zero-order chi connectivity index (χ0) is 25.6. The minimum absolute atomic E-state index is 0.0610. The zero-order valence-electron chi connectivity index (χ0n) is 22.1. The molecule has 0 fully saturated rings. The van der Waals surface area contributed by atoms with E-state index >= 15 is 0 Å². The van der Waals surface area contributed by atoms with Gasteiger partial charge in [-0.1, -0.05) is 89.0 Å². The van der Waals surface area contributed by atoms with Gasteiger partial charge in [-0.25, -0.2) is 0 Å². The van der Waals surface area contributed by atoms with E-state index in [1.807, 2.05) is 6.07 Å². The number of unbranched alkanes of at least 4 members (excludes halogenated alkanes) is 9. The first-order valence-corrected chi connectivity index (χ1v) is 14.4. The Morgan fingerprint density at radius 1 is 0.735 bits per heavy atom. The SMILES string of the molecule is CCCCCCCCCCCCc1ccccc1S(=O)(=O)O.Cc1cc(CN)c(C)c(C)c1C. The van der Waals surface area contributed by atoms with Crippen LogP contribution in [0.15, 0.2) is 35.2 Å². The van der Waals surface area contributed by atoms with Gasteiger partial charge in [0, 0.05) is 6.54 Å². The summed E-state index contributed by atoms with van der Waals surface area (Å²) in [6.07, 6.45) is 13.3. The van der Waals surface area contributed by atoms with Gasteiger partial charge in [0.25, 0.3) is 10.1 Å². The van der Waals surface area contributed by atoms with Crippen LogP contribution in [-0.2, 0) is 23.1 Å². The maximum Gasteiger partial charge on any atom is 0.294 e. The second-order valence-corrected chi connectivity index (χ2v) is 10.8. The average molecular weight is 490 g/mol. The Labute approximate surface area is 209 Å². The summed E-state index contributed by atoms with van der Waals surface area (Å²) in [6, 6.07) is 8.92. The van der Waals surface area contributed by atoms with Crippen molar-refractivity contribution in [2.75, 3.05) is 0 Å². The summed E-state index contributed by atoms with van der Waals surface area (Å²) in [6.45, 7) is 11.5. The van der Waals surface area contributed by atoms with Crippen LogP contribution in [0.5, 0.6) is 0 Å². The van der Waals surface area contributed by atoms with Crippen LogP contribution in [0, 0.1) is 27.7 Å². The highest BCUT2D eigenvalue weighted by atomic mass is 32.2. The monoisotopic (exact) mass is 489 g/mol. The summed E-state index contributed by atoms with van der Waals surface area (Å²) in [5.41, 5.74) is 13.1. The topological polar surface area (TPSA) is 80.4 Å². The van der Waals surface area contributed by atoms with Gasteiger partial charge in [0.2, 0.25) is 0 Å². The van der Waals surface area contributed by atoms with Gasteiger partial charge in [-0.2, -0.15) is 8.42 Å². The zero-order valence-corrected chi connectivity index (χ0v) is 22.9. The van der Waals surface area contributed by atoms with Crippen LogP contribution in [0.4, 0.5) is 0 Å². The van der Waals surface area contributed by atoms with Crippen molar-refractivity contribution in [1.29, 1.82) is 0 Å². The molecule has 192 valence electrons. The molecule has 0 aromatic heterocycles. The summed E-state index contributed by atoms with van der Waals surface area (Å²) in [5.74, 6) is 0. The van der Waals surface area contributed by atoms with E-state index in [0.717, 1.165) is 18.4 Å². The summed E-state index contributed by atoms with van der Waals surface area (Å²) >= 11 is 0. The second-order valence-electron chi connectivity index (χ2n) is 9.45. The fourth-order valence-electron chi connectivity index (χ4n) is 4.27. The highest BCUT2D eigenvalue weighted by Crippen LogP contribution is 2.21. The van der Waals surface area contributed by atoms with Crippen LogP contribution >= 0.6 is 0 Å². The van der Waals surface area contributed by atoms with Crippen molar-refractivity contribution in [3.05, 3.63) is 63.7 Å². The molecule has 0 amide bonds.